The summed E-state index contributed by atoms with van der Waals surface area (Å²) in [6.07, 6.45) is 0. The summed E-state index contributed by atoms with van der Waals surface area (Å²) in [6, 6.07) is 3.75. The molecule has 0 saturated carbocycles. The lowest BCUT2D eigenvalue weighted by atomic mass is 9.82. The van der Waals surface area contributed by atoms with Gasteiger partial charge in [-0.3, -0.25) is 0 Å². The molecule has 19 heavy (non-hydrogen) atoms. The molecule has 0 bridgehead atoms. The van der Waals surface area contributed by atoms with E-state index in [0.29, 0.717) is 0 Å². The predicted octanol–water partition coefficient (Wildman–Crippen LogP) is 2.37. The molecule has 0 aliphatic heterocycles. The molecular formula is C13H21FN2O2S. The van der Waals surface area contributed by atoms with Gasteiger partial charge >= 0.3 is 0 Å². The summed E-state index contributed by atoms with van der Waals surface area (Å²) < 4.78 is 39.9. The minimum atomic E-state index is -3.78. The Morgan fingerprint density at radius 2 is 1.95 bits per heavy atom. The van der Waals surface area contributed by atoms with E-state index in [1.807, 2.05) is 27.7 Å². The van der Waals surface area contributed by atoms with Crippen LogP contribution in [-0.4, -0.2) is 15.0 Å². The molecular weight excluding hydrogens is 267 g/mol. The molecule has 1 unspecified atom stereocenters. The lowest BCUT2D eigenvalue weighted by Gasteiger charge is -2.27. The van der Waals surface area contributed by atoms with Crippen LogP contribution in [0.25, 0.3) is 0 Å². The molecule has 0 spiro atoms. The Bertz CT molecular complexity index is 550. The van der Waals surface area contributed by atoms with E-state index < -0.39 is 15.8 Å². The fourth-order valence-electron chi connectivity index (χ4n) is 1.37. The molecule has 0 aliphatic rings. The van der Waals surface area contributed by atoms with Gasteiger partial charge in [0.1, 0.15) is 10.7 Å². The molecule has 0 amide bonds. The number of sulfonamides is 1. The molecule has 1 aromatic rings. The molecule has 108 valence electrons. The van der Waals surface area contributed by atoms with Crippen molar-refractivity contribution < 1.29 is 12.8 Å². The van der Waals surface area contributed by atoms with Gasteiger partial charge in [-0.25, -0.2) is 17.5 Å². The second-order valence-corrected chi connectivity index (χ2v) is 7.51. The molecule has 3 N–H and O–H groups in total. The molecule has 0 saturated heterocycles. The van der Waals surface area contributed by atoms with Gasteiger partial charge < -0.3 is 5.73 Å². The fraction of sp³-hybridized carbons (Fsp3) is 0.538. The highest BCUT2D eigenvalue weighted by atomic mass is 32.2. The maximum Gasteiger partial charge on any atom is 0.242 e. The second-order valence-electron chi connectivity index (χ2n) is 5.77. The molecule has 4 nitrogen and oxygen atoms in total. The van der Waals surface area contributed by atoms with E-state index in [9.17, 15) is 12.8 Å². The fourth-order valence-corrected chi connectivity index (χ4v) is 2.64. The Labute approximate surface area is 114 Å². The maximum atomic E-state index is 13.3. The molecule has 1 aromatic carbocycles. The van der Waals surface area contributed by atoms with Crippen LogP contribution in [-0.2, 0) is 10.0 Å². The SMILES string of the molecule is CC(CNS(=O)(=O)c1cccc(F)c1N)C(C)(C)C. The van der Waals surface area contributed by atoms with Gasteiger partial charge in [-0.2, -0.15) is 0 Å². The number of halogens is 1. The van der Waals surface area contributed by atoms with Gasteiger partial charge in [-0.05, 0) is 23.5 Å². The Kier molecular flexibility index (Phi) is 4.58. The maximum absolute atomic E-state index is 13.3. The summed E-state index contributed by atoms with van der Waals surface area (Å²) >= 11 is 0. The monoisotopic (exact) mass is 288 g/mol. The molecule has 0 heterocycles. The number of hydrogen-bond donors (Lipinski definition) is 2. The normalized spacial score (nSPS) is 14.4. The van der Waals surface area contributed by atoms with E-state index in [-0.39, 0.29) is 28.5 Å². The highest BCUT2D eigenvalue weighted by Gasteiger charge is 2.24. The summed E-state index contributed by atoms with van der Waals surface area (Å²) in [5, 5.41) is 0. The van der Waals surface area contributed by atoms with Gasteiger partial charge in [0.15, 0.2) is 0 Å². The molecule has 1 rings (SSSR count). The smallest absolute Gasteiger partial charge is 0.242 e. The highest BCUT2D eigenvalue weighted by molar-refractivity contribution is 7.89. The van der Waals surface area contributed by atoms with Crippen molar-refractivity contribution in [2.24, 2.45) is 11.3 Å². The third-order valence-corrected chi connectivity index (χ3v) is 4.84. The zero-order valence-corrected chi connectivity index (χ0v) is 12.5. The minimum absolute atomic E-state index is 0.0179. The Balaban J connectivity index is 2.91. The number of hydrogen-bond acceptors (Lipinski definition) is 3. The lowest BCUT2D eigenvalue weighted by molar-refractivity contribution is 0.263. The third-order valence-electron chi connectivity index (χ3n) is 3.36. The Morgan fingerprint density at radius 3 is 2.47 bits per heavy atom. The van der Waals surface area contributed by atoms with Crippen LogP contribution >= 0.6 is 0 Å². The van der Waals surface area contributed by atoms with Crippen molar-refractivity contribution >= 4 is 15.7 Å². The number of benzene rings is 1. The van der Waals surface area contributed by atoms with Crippen LogP contribution in [0.5, 0.6) is 0 Å². The van der Waals surface area contributed by atoms with Crippen LogP contribution in [0.1, 0.15) is 27.7 Å². The van der Waals surface area contributed by atoms with Crippen molar-refractivity contribution in [2.45, 2.75) is 32.6 Å². The van der Waals surface area contributed by atoms with Crippen LogP contribution in [0.3, 0.4) is 0 Å². The topological polar surface area (TPSA) is 72.2 Å². The quantitative estimate of drug-likeness (QED) is 0.835. The van der Waals surface area contributed by atoms with E-state index in [4.69, 9.17) is 5.73 Å². The first-order valence-electron chi connectivity index (χ1n) is 6.09. The third kappa shape index (κ3) is 3.91. The Hall–Kier alpha value is -1.14. The molecule has 0 aromatic heterocycles. The number of anilines is 1. The van der Waals surface area contributed by atoms with Crippen LogP contribution in [0.2, 0.25) is 0 Å². The standard InChI is InChI=1S/C13H21FN2O2S/c1-9(13(2,3)4)8-16-19(17,18)11-7-5-6-10(14)12(11)15/h5-7,9,16H,8,15H2,1-4H3. The van der Waals surface area contributed by atoms with Crippen LogP contribution < -0.4 is 10.5 Å². The number of nitrogen functional groups attached to an aromatic ring is 1. The first kappa shape index (κ1) is 15.9. The summed E-state index contributed by atoms with van der Waals surface area (Å²) in [5.41, 5.74) is 5.10. The van der Waals surface area contributed by atoms with Crippen LogP contribution in [0.4, 0.5) is 10.1 Å². The first-order valence-corrected chi connectivity index (χ1v) is 7.57. The highest BCUT2D eigenvalue weighted by Crippen LogP contribution is 2.26. The number of nitrogens with one attached hydrogen (secondary N) is 1. The van der Waals surface area contributed by atoms with Crippen molar-refractivity contribution in [1.82, 2.24) is 4.72 Å². The van der Waals surface area contributed by atoms with Crippen LogP contribution in [0.15, 0.2) is 23.1 Å². The zero-order valence-electron chi connectivity index (χ0n) is 11.7. The van der Waals surface area contributed by atoms with E-state index >= 15 is 0 Å². The summed E-state index contributed by atoms with van der Waals surface area (Å²) in [6.45, 7) is 8.33. The number of para-hydroxylation sites is 1. The average molecular weight is 288 g/mol. The van der Waals surface area contributed by atoms with Crippen molar-refractivity contribution in [3.63, 3.8) is 0 Å². The van der Waals surface area contributed by atoms with Crippen molar-refractivity contribution in [3.8, 4) is 0 Å². The second kappa shape index (κ2) is 5.46. The number of nitrogens with two attached hydrogens (primary N) is 1. The molecule has 0 fully saturated rings. The van der Waals surface area contributed by atoms with E-state index in [2.05, 4.69) is 4.72 Å². The average Bonchev–Trinajstić information content (AvgIpc) is 2.28. The van der Waals surface area contributed by atoms with Gasteiger partial charge in [0, 0.05) is 6.54 Å². The van der Waals surface area contributed by atoms with E-state index in [1.54, 1.807) is 0 Å². The first-order chi connectivity index (χ1) is 8.55. The van der Waals surface area contributed by atoms with Gasteiger partial charge in [-0.15, -0.1) is 0 Å². The molecule has 0 radical (unpaired) electrons. The zero-order chi connectivity index (χ0) is 14.8. The molecule has 6 heteroatoms. The van der Waals surface area contributed by atoms with Gasteiger partial charge in [0.05, 0.1) is 5.69 Å². The minimum Gasteiger partial charge on any atom is -0.395 e. The van der Waals surface area contributed by atoms with Crippen LogP contribution in [0, 0.1) is 17.2 Å². The van der Waals surface area contributed by atoms with Gasteiger partial charge in [0.25, 0.3) is 0 Å². The van der Waals surface area contributed by atoms with E-state index in [0.717, 1.165) is 6.07 Å². The summed E-state index contributed by atoms with van der Waals surface area (Å²) in [4.78, 5) is -0.214. The molecule has 0 aliphatic carbocycles. The van der Waals surface area contributed by atoms with Crippen molar-refractivity contribution in [3.05, 3.63) is 24.0 Å². The largest absolute Gasteiger partial charge is 0.395 e. The predicted molar refractivity (Wildman–Crippen MR) is 74.6 cm³/mol. The van der Waals surface area contributed by atoms with Crippen molar-refractivity contribution in [2.75, 3.05) is 12.3 Å². The Morgan fingerprint density at radius 1 is 1.37 bits per heavy atom. The summed E-state index contributed by atoms with van der Waals surface area (Å²) in [7, 11) is -3.78. The summed E-state index contributed by atoms with van der Waals surface area (Å²) in [5.74, 6) is -0.594. The van der Waals surface area contributed by atoms with Gasteiger partial charge in [-0.1, -0.05) is 33.8 Å². The van der Waals surface area contributed by atoms with E-state index in [1.165, 1.54) is 12.1 Å². The molecule has 1 atom stereocenters. The number of rotatable bonds is 4. The van der Waals surface area contributed by atoms with Gasteiger partial charge in [0.2, 0.25) is 10.0 Å². The lowest BCUT2D eigenvalue weighted by Crippen LogP contribution is -2.34. The van der Waals surface area contributed by atoms with Crippen molar-refractivity contribution in [1.29, 1.82) is 0 Å².